The van der Waals surface area contributed by atoms with E-state index in [9.17, 15) is 18.8 Å². The van der Waals surface area contributed by atoms with Gasteiger partial charge in [-0.05, 0) is 59.5 Å². The highest BCUT2D eigenvalue weighted by atomic mass is 32.1. The van der Waals surface area contributed by atoms with Crippen LogP contribution in [-0.4, -0.2) is 36.3 Å². The number of aromatic nitrogens is 1. The van der Waals surface area contributed by atoms with Gasteiger partial charge in [0.1, 0.15) is 11.7 Å². The van der Waals surface area contributed by atoms with Crippen LogP contribution in [0.4, 0.5) is 10.1 Å². The molecule has 1 aliphatic rings. The van der Waals surface area contributed by atoms with Crippen molar-refractivity contribution in [2.75, 3.05) is 18.9 Å². The lowest BCUT2D eigenvalue weighted by Crippen LogP contribution is -2.29. The van der Waals surface area contributed by atoms with E-state index < -0.39 is 17.6 Å². The number of nitrogens with one attached hydrogen (secondary N) is 3. The van der Waals surface area contributed by atoms with Gasteiger partial charge in [-0.1, -0.05) is 18.2 Å². The Morgan fingerprint density at radius 1 is 1.11 bits per heavy atom. The van der Waals surface area contributed by atoms with Crippen molar-refractivity contribution in [3.05, 3.63) is 83.3 Å². The SMILES string of the molecule is CNC(=O)c1ccc(-c2cc3nccc(Cc4ccc(NC(=O)C5CCNC5=O)cc4F)c3s2)cc1. The molecule has 4 aromatic rings. The zero-order chi connectivity index (χ0) is 25.2. The first kappa shape index (κ1) is 23.6. The van der Waals surface area contributed by atoms with Gasteiger partial charge in [0.2, 0.25) is 11.8 Å². The van der Waals surface area contributed by atoms with Gasteiger partial charge >= 0.3 is 0 Å². The number of carbonyl (C=O) groups excluding carboxylic acids is 3. The Morgan fingerprint density at radius 3 is 2.61 bits per heavy atom. The Hall–Kier alpha value is -4.11. The molecule has 7 nitrogen and oxygen atoms in total. The van der Waals surface area contributed by atoms with Crippen LogP contribution in [0.2, 0.25) is 0 Å². The monoisotopic (exact) mass is 502 g/mol. The van der Waals surface area contributed by atoms with Gasteiger partial charge in [0, 0.05) is 42.3 Å². The molecule has 1 aliphatic heterocycles. The van der Waals surface area contributed by atoms with Gasteiger partial charge in [0.05, 0.1) is 10.2 Å². The summed E-state index contributed by atoms with van der Waals surface area (Å²) in [7, 11) is 1.60. The molecule has 1 fully saturated rings. The van der Waals surface area contributed by atoms with E-state index in [0.717, 1.165) is 26.2 Å². The molecule has 2 aromatic carbocycles. The van der Waals surface area contributed by atoms with Crippen LogP contribution in [0.15, 0.2) is 60.8 Å². The van der Waals surface area contributed by atoms with Gasteiger partial charge in [0.25, 0.3) is 5.91 Å². The van der Waals surface area contributed by atoms with E-state index in [1.165, 1.54) is 6.07 Å². The first-order chi connectivity index (χ1) is 17.4. The second kappa shape index (κ2) is 9.87. The molecule has 1 unspecified atom stereocenters. The van der Waals surface area contributed by atoms with E-state index in [4.69, 9.17) is 0 Å². The van der Waals surface area contributed by atoms with Crippen molar-refractivity contribution in [2.24, 2.45) is 5.92 Å². The van der Waals surface area contributed by atoms with Crippen molar-refractivity contribution in [1.82, 2.24) is 15.6 Å². The summed E-state index contributed by atoms with van der Waals surface area (Å²) in [6.45, 7) is 0.469. The molecule has 2 aromatic heterocycles. The van der Waals surface area contributed by atoms with Crippen LogP contribution in [0, 0.1) is 11.7 Å². The highest BCUT2D eigenvalue weighted by Crippen LogP contribution is 2.35. The van der Waals surface area contributed by atoms with Crippen LogP contribution in [0.1, 0.15) is 27.9 Å². The van der Waals surface area contributed by atoms with Crippen LogP contribution >= 0.6 is 11.3 Å². The van der Waals surface area contributed by atoms with Crippen LogP contribution in [0.3, 0.4) is 0 Å². The van der Waals surface area contributed by atoms with Crippen molar-refractivity contribution >= 4 is 45.0 Å². The molecule has 0 spiro atoms. The van der Waals surface area contributed by atoms with Crippen molar-refractivity contribution in [2.45, 2.75) is 12.8 Å². The molecule has 0 bridgehead atoms. The van der Waals surface area contributed by atoms with Gasteiger partial charge < -0.3 is 16.0 Å². The Morgan fingerprint density at radius 2 is 1.92 bits per heavy atom. The van der Waals surface area contributed by atoms with Crippen LogP contribution in [0.5, 0.6) is 0 Å². The molecule has 3 heterocycles. The Kier molecular flexibility index (Phi) is 6.47. The standard InChI is InChI=1S/C27H23FN4O3S/c1-29-25(33)16-4-2-15(3-5-16)23-14-22-24(36-23)18(8-10-30-22)12-17-6-7-19(13-21(17)28)32-27(35)20-9-11-31-26(20)34/h2-8,10,13-14,20H,9,11-12H2,1H3,(H,29,33)(H,31,34)(H,32,35). The predicted molar refractivity (Wildman–Crippen MR) is 137 cm³/mol. The predicted octanol–water partition coefficient (Wildman–Crippen LogP) is 4.13. The highest BCUT2D eigenvalue weighted by Gasteiger charge is 2.31. The number of amides is 3. The van der Waals surface area contributed by atoms with E-state index in [1.54, 1.807) is 48.8 Å². The van der Waals surface area contributed by atoms with Gasteiger partial charge in [-0.2, -0.15) is 0 Å². The minimum atomic E-state index is -0.745. The van der Waals surface area contributed by atoms with E-state index in [0.29, 0.717) is 36.2 Å². The molecule has 182 valence electrons. The lowest BCUT2D eigenvalue weighted by molar-refractivity contribution is -0.130. The molecule has 3 amide bonds. The lowest BCUT2D eigenvalue weighted by Gasteiger charge is -2.11. The molecule has 5 rings (SSSR count). The van der Waals surface area contributed by atoms with Crippen molar-refractivity contribution in [1.29, 1.82) is 0 Å². The van der Waals surface area contributed by atoms with Crippen LogP contribution < -0.4 is 16.0 Å². The number of nitrogens with zero attached hydrogens (tertiary/aromatic N) is 1. The molecule has 9 heteroatoms. The average Bonchev–Trinajstić information content (AvgIpc) is 3.52. The fraction of sp³-hybridized carbons (Fsp3) is 0.185. The van der Waals surface area contributed by atoms with Crippen molar-refractivity contribution in [3.63, 3.8) is 0 Å². The second-order valence-corrected chi connectivity index (χ2v) is 9.61. The number of carbonyl (C=O) groups is 3. The molecular weight excluding hydrogens is 479 g/mol. The Bertz CT molecular complexity index is 1480. The summed E-state index contributed by atoms with van der Waals surface area (Å²) in [4.78, 5) is 41.3. The zero-order valence-corrected chi connectivity index (χ0v) is 20.2. The third-order valence-electron chi connectivity index (χ3n) is 6.22. The maximum absolute atomic E-state index is 15.0. The number of pyridine rings is 1. The first-order valence-corrected chi connectivity index (χ1v) is 12.3. The summed E-state index contributed by atoms with van der Waals surface area (Å²) in [6.07, 6.45) is 2.51. The molecule has 1 atom stereocenters. The number of anilines is 1. The molecule has 3 N–H and O–H groups in total. The third-order valence-corrected chi connectivity index (χ3v) is 7.47. The van der Waals surface area contributed by atoms with E-state index in [1.807, 2.05) is 24.3 Å². The molecule has 0 aliphatic carbocycles. The minimum absolute atomic E-state index is 0.140. The second-order valence-electron chi connectivity index (χ2n) is 8.56. The van der Waals surface area contributed by atoms with Gasteiger partial charge in [-0.15, -0.1) is 11.3 Å². The molecule has 36 heavy (non-hydrogen) atoms. The summed E-state index contributed by atoms with van der Waals surface area (Å²) >= 11 is 1.57. The van der Waals surface area contributed by atoms with Gasteiger partial charge in [0.15, 0.2) is 0 Å². The molecule has 0 radical (unpaired) electrons. The maximum Gasteiger partial charge on any atom is 0.251 e. The number of rotatable bonds is 6. The third kappa shape index (κ3) is 4.70. The zero-order valence-electron chi connectivity index (χ0n) is 19.4. The first-order valence-electron chi connectivity index (χ1n) is 11.5. The van der Waals surface area contributed by atoms with Crippen molar-refractivity contribution in [3.8, 4) is 10.4 Å². The Labute approximate surface area is 210 Å². The van der Waals surface area contributed by atoms with Crippen LogP contribution in [0.25, 0.3) is 20.7 Å². The summed E-state index contributed by atoms with van der Waals surface area (Å²) in [5, 5.41) is 7.88. The lowest BCUT2D eigenvalue weighted by atomic mass is 10.0. The number of benzene rings is 2. The number of thiophene rings is 1. The highest BCUT2D eigenvalue weighted by molar-refractivity contribution is 7.22. The number of hydrogen-bond donors (Lipinski definition) is 3. The summed E-state index contributed by atoms with van der Waals surface area (Å²) in [6, 6.07) is 15.8. The van der Waals surface area contributed by atoms with Crippen LogP contribution in [-0.2, 0) is 16.0 Å². The summed E-state index contributed by atoms with van der Waals surface area (Å²) in [5.41, 5.74) is 4.13. The average molecular weight is 503 g/mol. The maximum atomic E-state index is 15.0. The number of hydrogen-bond acceptors (Lipinski definition) is 5. The van der Waals surface area contributed by atoms with Gasteiger partial charge in [-0.25, -0.2) is 4.39 Å². The topological polar surface area (TPSA) is 100 Å². The van der Waals surface area contributed by atoms with Crippen molar-refractivity contribution < 1.29 is 18.8 Å². The normalized spacial score (nSPS) is 15.1. The fourth-order valence-corrected chi connectivity index (χ4v) is 5.38. The number of fused-ring (bicyclic) bond motifs is 1. The van der Waals surface area contributed by atoms with E-state index in [2.05, 4.69) is 20.9 Å². The van der Waals surface area contributed by atoms with E-state index in [-0.39, 0.29) is 11.8 Å². The summed E-state index contributed by atoms with van der Waals surface area (Å²) in [5.74, 6) is -2.05. The molecule has 1 saturated heterocycles. The minimum Gasteiger partial charge on any atom is -0.355 e. The Balaban J connectivity index is 1.36. The fourth-order valence-electron chi connectivity index (χ4n) is 4.25. The quantitative estimate of drug-likeness (QED) is 0.345. The summed E-state index contributed by atoms with van der Waals surface area (Å²) < 4.78 is 15.9. The molecular formula is C27H23FN4O3S. The van der Waals surface area contributed by atoms with E-state index >= 15 is 0 Å². The smallest absolute Gasteiger partial charge is 0.251 e. The largest absolute Gasteiger partial charge is 0.355 e. The molecule has 0 saturated carbocycles. The number of halogens is 1. The van der Waals surface area contributed by atoms with Gasteiger partial charge in [-0.3, -0.25) is 19.4 Å².